The first-order chi connectivity index (χ1) is 14.4. The molecule has 0 bridgehead atoms. The third-order valence-electron chi connectivity index (χ3n) is 4.89. The minimum absolute atomic E-state index is 0.299. The largest absolute Gasteiger partial charge is 0.378 e. The maximum absolute atomic E-state index is 12.4. The van der Waals surface area contributed by atoms with Crippen LogP contribution in [0.15, 0.2) is 66.7 Å². The molecule has 0 aliphatic rings. The van der Waals surface area contributed by atoms with Gasteiger partial charge in [-0.2, -0.15) is 5.10 Å². The summed E-state index contributed by atoms with van der Waals surface area (Å²) < 4.78 is 0. The van der Waals surface area contributed by atoms with Crippen molar-refractivity contribution in [3.05, 3.63) is 83.6 Å². The molecule has 1 heterocycles. The lowest BCUT2D eigenvalue weighted by Crippen LogP contribution is -2.43. The summed E-state index contributed by atoms with van der Waals surface area (Å²) >= 11 is 0. The van der Waals surface area contributed by atoms with E-state index in [4.69, 9.17) is 0 Å². The van der Waals surface area contributed by atoms with E-state index in [1.165, 1.54) is 5.56 Å². The lowest BCUT2D eigenvalue weighted by molar-refractivity contribution is -0.132. The molecule has 2 aromatic carbocycles. The van der Waals surface area contributed by atoms with Crippen molar-refractivity contribution in [1.29, 1.82) is 0 Å². The van der Waals surface area contributed by atoms with Crippen molar-refractivity contribution in [2.24, 2.45) is 0 Å². The quantitative estimate of drug-likeness (QED) is 0.461. The standard InChI is InChI=1S/C23H26N4O3/c1-15(17-9-5-3-6-10-17)13-19-14-20(27-26-19)25-22(29)16(2)24-23(30)21(28)18-11-7-4-8-12-18/h3-12,14-16,21,28H,13H2,1-2H3,(H,24,30)(H2,25,26,27,29). The molecule has 0 radical (unpaired) electrons. The molecule has 156 valence electrons. The second kappa shape index (κ2) is 9.84. The Balaban J connectivity index is 1.52. The fraction of sp³-hybridized carbons (Fsp3) is 0.261. The van der Waals surface area contributed by atoms with Crippen molar-refractivity contribution in [2.45, 2.75) is 38.3 Å². The van der Waals surface area contributed by atoms with Crippen molar-refractivity contribution >= 4 is 17.6 Å². The predicted octanol–water partition coefficient (Wildman–Crippen LogP) is 2.93. The van der Waals surface area contributed by atoms with Crippen LogP contribution in [0.2, 0.25) is 0 Å². The summed E-state index contributed by atoms with van der Waals surface area (Å²) in [5.74, 6) is -0.367. The van der Waals surface area contributed by atoms with Gasteiger partial charge in [0.25, 0.3) is 5.91 Å². The molecule has 4 N–H and O–H groups in total. The van der Waals surface area contributed by atoms with Gasteiger partial charge >= 0.3 is 0 Å². The second-order valence-electron chi connectivity index (χ2n) is 7.33. The van der Waals surface area contributed by atoms with Gasteiger partial charge in [-0.3, -0.25) is 14.7 Å². The van der Waals surface area contributed by atoms with Crippen molar-refractivity contribution in [3.8, 4) is 0 Å². The van der Waals surface area contributed by atoms with E-state index in [0.717, 1.165) is 12.1 Å². The van der Waals surface area contributed by atoms with Gasteiger partial charge in [0.05, 0.1) is 0 Å². The number of benzene rings is 2. The summed E-state index contributed by atoms with van der Waals surface area (Å²) in [4.78, 5) is 24.6. The average Bonchev–Trinajstić information content (AvgIpc) is 3.20. The Morgan fingerprint density at radius 2 is 1.57 bits per heavy atom. The third-order valence-corrected chi connectivity index (χ3v) is 4.89. The molecule has 3 rings (SSSR count). The summed E-state index contributed by atoms with van der Waals surface area (Å²) in [6, 6.07) is 19.7. The summed E-state index contributed by atoms with van der Waals surface area (Å²) in [5.41, 5.74) is 2.59. The number of carbonyl (C=O) groups is 2. The molecule has 0 spiro atoms. The van der Waals surface area contributed by atoms with Crippen molar-refractivity contribution in [2.75, 3.05) is 5.32 Å². The molecular weight excluding hydrogens is 380 g/mol. The summed E-state index contributed by atoms with van der Waals surface area (Å²) in [5, 5.41) is 22.4. The topological polar surface area (TPSA) is 107 Å². The van der Waals surface area contributed by atoms with Gasteiger partial charge in [-0.25, -0.2) is 0 Å². The van der Waals surface area contributed by atoms with E-state index < -0.39 is 24.0 Å². The Labute approximate surface area is 175 Å². The Bertz CT molecular complexity index is 972. The Morgan fingerprint density at radius 1 is 0.967 bits per heavy atom. The maximum atomic E-state index is 12.4. The van der Waals surface area contributed by atoms with Crippen LogP contribution in [-0.4, -0.2) is 33.2 Å². The predicted molar refractivity (Wildman–Crippen MR) is 115 cm³/mol. The highest BCUT2D eigenvalue weighted by atomic mass is 16.3. The lowest BCUT2D eigenvalue weighted by atomic mass is 9.96. The average molecular weight is 406 g/mol. The first-order valence-corrected chi connectivity index (χ1v) is 9.87. The molecule has 0 aliphatic heterocycles. The zero-order valence-electron chi connectivity index (χ0n) is 17.0. The number of aliphatic hydroxyl groups is 1. The van der Waals surface area contributed by atoms with E-state index >= 15 is 0 Å². The van der Waals surface area contributed by atoms with Crippen LogP contribution >= 0.6 is 0 Å². The smallest absolute Gasteiger partial charge is 0.254 e. The van der Waals surface area contributed by atoms with E-state index in [1.807, 2.05) is 18.2 Å². The number of nitrogens with one attached hydrogen (secondary N) is 3. The number of aromatic nitrogens is 2. The number of rotatable bonds is 8. The minimum atomic E-state index is -1.34. The van der Waals surface area contributed by atoms with Gasteiger partial charge in [-0.05, 0) is 30.4 Å². The molecule has 0 fully saturated rings. The molecule has 30 heavy (non-hydrogen) atoms. The van der Waals surface area contributed by atoms with E-state index in [1.54, 1.807) is 43.3 Å². The molecule has 3 aromatic rings. The van der Waals surface area contributed by atoms with E-state index in [9.17, 15) is 14.7 Å². The highest BCUT2D eigenvalue weighted by Gasteiger charge is 2.22. The number of anilines is 1. The third kappa shape index (κ3) is 5.55. The number of amides is 2. The zero-order valence-corrected chi connectivity index (χ0v) is 17.0. The number of aromatic amines is 1. The van der Waals surface area contributed by atoms with Crippen LogP contribution in [0, 0.1) is 0 Å². The van der Waals surface area contributed by atoms with E-state index in [0.29, 0.717) is 17.3 Å². The number of hydrogen-bond acceptors (Lipinski definition) is 4. The molecule has 7 heteroatoms. The van der Waals surface area contributed by atoms with Crippen molar-refractivity contribution < 1.29 is 14.7 Å². The number of nitrogens with zero attached hydrogens (tertiary/aromatic N) is 1. The van der Waals surface area contributed by atoms with Gasteiger partial charge in [0.15, 0.2) is 11.9 Å². The molecule has 0 saturated carbocycles. The van der Waals surface area contributed by atoms with Crippen molar-refractivity contribution in [1.82, 2.24) is 15.5 Å². The maximum Gasteiger partial charge on any atom is 0.254 e. The highest BCUT2D eigenvalue weighted by Crippen LogP contribution is 2.20. The van der Waals surface area contributed by atoms with Crippen molar-refractivity contribution in [3.63, 3.8) is 0 Å². The van der Waals surface area contributed by atoms with Crippen LogP contribution in [-0.2, 0) is 16.0 Å². The summed E-state index contributed by atoms with van der Waals surface area (Å²) in [6.07, 6.45) is -0.583. The fourth-order valence-corrected chi connectivity index (χ4v) is 3.14. The molecular formula is C23H26N4O3. The number of carbonyl (C=O) groups excluding carboxylic acids is 2. The Morgan fingerprint density at radius 3 is 2.20 bits per heavy atom. The van der Waals surface area contributed by atoms with E-state index in [2.05, 4.69) is 39.9 Å². The first-order valence-electron chi connectivity index (χ1n) is 9.87. The molecule has 2 amide bonds. The Hall–Kier alpha value is -3.45. The van der Waals surface area contributed by atoms with Crippen LogP contribution in [0.5, 0.6) is 0 Å². The monoisotopic (exact) mass is 406 g/mol. The van der Waals surface area contributed by atoms with E-state index in [-0.39, 0.29) is 0 Å². The molecule has 1 aromatic heterocycles. The summed E-state index contributed by atoms with van der Waals surface area (Å²) in [7, 11) is 0. The SMILES string of the molecule is CC(NC(=O)C(O)c1ccccc1)C(=O)Nc1cc(CC(C)c2ccccc2)[nH]n1. The van der Waals surface area contributed by atoms with Gasteiger partial charge in [-0.15, -0.1) is 0 Å². The fourth-order valence-electron chi connectivity index (χ4n) is 3.14. The van der Waals surface area contributed by atoms with Crippen LogP contribution in [0.4, 0.5) is 5.82 Å². The molecule has 0 saturated heterocycles. The second-order valence-corrected chi connectivity index (χ2v) is 7.33. The molecule has 0 aliphatic carbocycles. The Kier molecular flexibility index (Phi) is 6.98. The first kappa shape index (κ1) is 21.3. The lowest BCUT2D eigenvalue weighted by Gasteiger charge is -2.16. The highest BCUT2D eigenvalue weighted by molar-refractivity contribution is 5.96. The zero-order chi connectivity index (χ0) is 21.5. The molecule has 3 atom stereocenters. The van der Waals surface area contributed by atoms with Gasteiger partial charge in [-0.1, -0.05) is 67.6 Å². The van der Waals surface area contributed by atoms with Gasteiger partial charge in [0.1, 0.15) is 6.04 Å². The normalized spacial score (nSPS) is 13.8. The number of aliphatic hydroxyl groups excluding tert-OH is 1. The van der Waals surface area contributed by atoms with Crippen LogP contribution in [0.1, 0.15) is 42.7 Å². The molecule has 3 unspecified atom stereocenters. The number of hydrogen-bond donors (Lipinski definition) is 4. The van der Waals surface area contributed by atoms with Crippen LogP contribution in [0.3, 0.4) is 0 Å². The van der Waals surface area contributed by atoms with Gasteiger partial charge in [0, 0.05) is 11.8 Å². The minimum Gasteiger partial charge on any atom is -0.378 e. The van der Waals surface area contributed by atoms with Gasteiger partial charge < -0.3 is 15.7 Å². The van der Waals surface area contributed by atoms with Gasteiger partial charge in [0.2, 0.25) is 5.91 Å². The summed E-state index contributed by atoms with van der Waals surface area (Å²) in [6.45, 7) is 3.68. The number of H-pyrrole nitrogens is 1. The van der Waals surface area contributed by atoms with Crippen LogP contribution < -0.4 is 10.6 Å². The molecule has 7 nitrogen and oxygen atoms in total. The van der Waals surface area contributed by atoms with Crippen LogP contribution in [0.25, 0.3) is 0 Å².